The molecule has 0 aromatic rings. The Labute approximate surface area is 128 Å². The van der Waals surface area contributed by atoms with Gasteiger partial charge >= 0.3 is 5.97 Å². The molecular formula is C16H31NO4. The number of aliphatic carboxylic acids is 1. The molecule has 5 nitrogen and oxygen atoms in total. The zero-order chi connectivity index (χ0) is 15.8. The van der Waals surface area contributed by atoms with E-state index in [2.05, 4.69) is 18.7 Å². The van der Waals surface area contributed by atoms with Crippen molar-refractivity contribution < 1.29 is 19.4 Å². The average Bonchev–Trinajstić information content (AvgIpc) is 2.47. The monoisotopic (exact) mass is 301 g/mol. The number of methoxy groups -OCH3 is 2. The summed E-state index contributed by atoms with van der Waals surface area (Å²) >= 11 is 0. The molecule has 1 aliphatic rings. The smallest absolute Gasteiger partial charge is 0.308 e. The van der Waals surface area contributed by atoms with Crippen molar-refractivity contribution in [2.75, 3.05) is 34.0 Å². The molecule has 1 N–H and O–H groups in total. The third-order valence-electron chi connectivity index (χ3n) is 4.77. The number of hydrogen-bond donors (Lipinski definition) is 1. The van der Waals surface area contributed by atoms with Gasteiger partial charge < -0.3 is 14.6 Å². The average molecular weight is 301 g/mol. The molecule has 1 saturated carbocycles. The number of ether oxygens (including phenoxy) is 2. The van der Waals surface area contributed by atoms with E-state index in [1.54, 1.807) is 14.2 Å². The first-order valence-corrected chi connectivity index (χ1v) is 8.01. The van der Waals surface area contributed by atoms with Gasteiger partial charge in [0.15, 0.2) is 0 Å². The van der Waals surface area contributed by atoms with Crippen molar-refractivity contribution in [3.05, 3.63) is 0 Å². The van der Waals surface area contributed by atoms with Gasteiger partial charge in [-0.15, -0.1) is 0 Å². The molecule has 0 aromatic carbocycles. The fraction of sp³-hybridized carbons (Fsp3) is 0.938. The predicted octanol–water partition coefficient (Wildman–Crippen LogP) is 2.25. The van der Waals surface area contributed by atoms with E-state index in [1.165, 1.54) is 0 Å². The van der Waals surface area contributed by atoms with Gasteiger partial charge in [-0.05, 0) is 32.1 Å². The Morgan fingerprint density at radius 1 is 1.33 bits per heavy atom. The highest BCUT2D eigenvalue weighted by molar-refractivity contribution is 5.71. The van der Waals surface area contributed by atoms with Gasteiger partial charge in [-0.25, -0.2) is 0 Å². The number of carbonyl (C=O) groups is 1. The molecule has 0 saturated heterocycles. The summed E-state index contributed by atoms with van der Waals surface area (Å²) < 4.78 is 10.5. The summed E-state index contributed by atoms with van der Waals surface area (Å²) in [4.78, 5) is 13.9. The number of nitrogens with zero attached hydrogens (tertiary/aromatic N) is 1. The van der Waals surface area contributed by atoms with Gasteiger partial charge in [-0.3, -0.25) is 9.69 Å². The molecule has 124 valence electrons. The minimum atomic E-state index is -0.665. The van der Waals surface area contributed by atoms with Crippen LogP contribution >= 0.6 is 0 Å². The van der Waals surface area contributed by atoms with Gasteiger partial charge in [0.25, 0.3) is 0 Å². The third kappa shape index (κ3) is 5.24. The summed E-state index contributed by atoms with van der Waals surface area (Å²) in [6.07, 6.45) is 3.90. The van der Waals surface area contributed by atoms with Crippen LogP contribution < -0.4 is 0 Å². The predicted molar refractivity (Wildman–Crippen MR) is 82.5 cm³/mol. The maximum absolute atomic E-state index is 11.6. The van der Waals surface area contributed by atoms with Crippen LogP contribution in [0.4, 0.5) is 0 Å². The van der Waals surface area contributed by atoms with E-state index in [0.29, 0.717) is 19.1 Å². The van der Waals surface area contributed by atoms with E-state index in [0.717, 1.165) is 32.2 Å². The van der Waals surface area contributed by atoms with Crippen LogP contribution in [0.25, 0.3) is 0 Å². The second kappa shape index (κ2) is 9.38. The quantitative estimate of drug-likeness (QED) is 0.708. The highest BCUT2D eigenvalue weighted by atomic mass is 16.5. The lowest BCUT2D eigenvalue weighted by molar-refractivity contribution is -0.147. The third-order valence-corrected chi connectivity index (χ3v) is 4.77. The van der Waals surface area contributed by atoms with Crippen molar-refractivity contribution in [3.63, 3.8) is 0 Å². The number of hydrogen-bond acceptors (Lipinski definition) is 4. The zero-order valence-corrected chi connectivity index (χ0v) is 13.9. The second-order valence-corrected chi connectivity index (χ2v) is 6.13. The minimum Gasteiger partial charge on any atom is -0.481 e. The SMILES string of the molecule is CCC1CCC(C(=O)O)C(N(CCOC)C(C)COC)C1. The summed E-state index contributed by atoms with van der Waals surface area (Å²) in [5.41, 5.74) is 0. The molecule has 1 aliphatic carbocycles. The van der Waals surface area contributed by atoms with Crippen molar-refractivity contribution >= 4 is 5.97 Å². The van der Waals surface area contributed by atoms with E-state index in [4.69, 9.17) is 9.47 Å². The molecule has 1 rings (SSSR count). The highest BCUT2D eigenvalue weighted by Gasteiger charge is 2.39. The van der Waals surface area contributed by atoms with Gasteiger partial charge in [-0.2, -0.15) is 0 Å². The van der Waals surface area contributed by atoms with Crippen LogP contribution in [0.15, 0.2) is 0 Å². The first-order valence-electron chi connectivity index (χ1n) is 8.01. The number of carboxylic acid groups (broad SMARTS) is 1. The van der Waals surface area contributed by atoms with Gasteiger partial charge in [-0.1, -0.05) is 13.3 Å². The van der Waals surface area contributed by atoms with Crippen molar-refractivity contribution in [2.24, 2.45) is 11.8 Å². The van der Waals surface area contributed by atoms with E-state index >= 15 is 0 Å². The van der Waals surface area contributed by atoms with Crippen LogP contribution in [-0.4, -0.2) is 62.0 Å². The van der Waals surface area contributed by atoms with Crippen LogP contribution in [-0.2, 0) is 14.3 Å². The minimum absolute atomic E-state index is 0.0847. The van der Waals surface area contributed by atoms with Gasteiger partial charge in [0.1, 0.15) is 0 Å². The Balaban J connectivity index is 2.88. The van der Waals surface area contributed by atoms with Gasteiger partial charge in [0.2, 0.25) is 0 Å². The Morgan fingerprint density at radius 2 is 2.05 bits per heavy atom. The topological polar surface area (TPSA) is 59.0 Å². The van der Waals surface area contributed by atoms with E-state index in [9.17, 15) is 9.90 Å². The van der Waals surface area contributed by atoms with Crippen molar-refractivity contribution in [1.82, 2.24) is 4.90 Å². The molecule has 0 aliphatic heterocycles. The molecule has 21 heavy (non-hydrogen) atoms. The molecule has 0 heterocycles. The molecule has 0 aromatic heterocycles. The Kier molecular flexibility index (Phi) is 8.22. The standard InChI is InChI=1S/C16H31NO4/c1-5-13-6-7-14(16(18)19)15(10-13)17(8-9-20-3)12(2)11-21-4/h12-15H,5-11H2,1-4H3,(H,18,19). The lowest BCUT2D eigenvalue weighted by Gasteiger charge is -2.43. The fourth-order valence-electron chi connectivity index (χ4n) is 3.50. The lowest BCUT2D eigenvalue weighted by atomic mass is 9.76. The fourth-order valence-corrected chi connectivity index (χ4v) is 3.50. The molecular weight excluding hydrogens is 270 g/mol. The van der Waals surface area contributed by atoms with Crippen molar-refractivity contribution in [3.8, 4) is 0 Å². The van der Waals surface area contributed by atoms with E-state index in [1.807, 2.05) is 0 Å². The molecule has 1 fully saturated rings. The first-order chi connectivity index (χ1) is 10.0. The Hall–Kier alpha value is -0.650. The largest absolute Gasteiger partial charge is 0.481 e. The van der Waals surface area contributed by atoms with Crippen LogP contribution in [0.2, 0.25) is 0 Å². The summed E-state index contributed by atoms with van der Waals surface area (Å²) in [5, 5.41) is 9.56. The zero-order valence-electron chi connectivity index (χ0n) is 13.9. The Bertz CT molecular complexity index is 311. The van der Waals surface area contributed by atoms with Crippen LogP contribution in [0, 0.1) is 11.8 Å². The molecule has 0 spiro atoms. The number of rotatable bonds is 9. The summed E-state index contributed by atoms with van der Waals surface area (Å²) in [6.45, 7) is 6.29. The van der Waals surface area contributed by atoms with E-state index in [-0.39, 0.29) is 18.0 Å². The summed E-state index contributed by atoms with van der Waals surface area (Å²) in [7, 11) is 3.37. The molecule has 5 heteroatoms. The molecule has 4 unspecified atom stereocenters. The highest BCUT2D eigenvalue weighted by Crippen LogP contribution is 2.35. The first kappa shape index (κ1) is 18.4. The molecule has 0 radical (unpaired) electrons. The van der Waals surface area contributed by atoms with Gasteiger partial charge in [0, 0.05) is 32.8 Å². The lowest BCUT2D eigenvalue weighted by Crippen LogP contribution is -2.52. The van der Waals surface area contributed by atoms with Crippen molar-refractivity contribution in [1.29, 1.82) is 0 Å². The molecule has 0 amide bonds. The number of carboxylic acids is 1. The molecule has 4 atom stereocenters. The summed E-state index contributed by atoms with van der Waals surface area (Å²) in [5.74, 6) is -0.309. The summed E-state index contributed by atoms with van der Waals surface area (Å²) in [6, 6.07) is 0.286. The van der Waals surface area contributed by atoms with Crippen LogP contribution in [0.3, 0.4) is 0 Å². The van der Waals surface area contributed by atoms with Crippen LogP contribution in [0.5, 0.6) is 0 Å². The normalized spacial score (nSPS) is 27.8. The maximum Gasteiger partial charge on any atom is 0.308 e. The second-order valence-electron chi connectivity index (χ2n) is 6.13. The van der Waals surface area contributed by atoms with E-state index < -0.39 is 5.97 Å². The van der Waals surface area contributed by atoms with Crippen LogP contribution in [0.1, 0.15) is 39.5 Å². The van der Waals surface area contributed by atoms with Crippen molar-refractivity contribution in [2.45, 2.75) is 51.6 Å². The maximum atomic E-state index is 11.6. The van der Waals surface area contributed by atoms with Gasteiger partial charge in [0.05, 0.1) is 19.1 Å². The molecule has 0 bridgehead atoms. The Morgan fingerprint density at radius 3 is 2.57 bits per heavy atom.